The highest BCUT2D eigenvalue weighted by Crippen LogP contribution is 2.31. The van der Waals surface area contributed by atoms with E-state index < -0.39 is 0 Å². The number of hydrogen-bond donors (Lipinski definition) is 2. The molecular weight excluding hydrogens is 332 g/mol. The molecule has 1 aromatic heterocycles. The van der Waals surface area contributed by atoms with E-state index in [4.69, 9.17) is 5.84 Å². The monoisotopic (exact) mass is 346 g/mol. The van der Waals surface area contributed by atoms with Gasteiger partial charge in [0.1, 0.15) is 0 Å². The SMILES string of the molecule is NNC(Cc1ccc(Br)cc1)c1csc2ccccc12. The first-order valence-corrected chi connectivity index (χ1v) is 8.12. The van der Waals surface area contributed by atoms with E-state index in [0.717, 1.165) is 10.9 Å². The van der Waals surface area contributed by atoms with Gasteiger partial charge in [-0.3, -0.25) is 11.3 Å². The Balaban J connectivity index is 1.91. The van der Waals surface area contributed by atoms with Crippen molar-refractivity contribution in [2.24, 2.45) is 5.84 Å². The van der Waals surface area contributed by atoms with Gasteiger partial charge in [0.15, 0.2) is 0 Å². The zero-order chi connectivity index (χ0) is 13.9. The van der Waals surface area contributed by atoms with Crippen molar-refractivity contribution < 1.29 is 0 Å². The Morgan fingerprint density at radius 3 is 2.60 bits per heavy atom. The summed E-state index contributed by atoms with van der Waals surface area (Å²) in [7, 11) is 0. The smallest absolute Gasteiger partial charge is 0.0514 e. The summed E-state index contributed by atoms with van der Waals surface area (Å²) in [6.45, 7) is 0. The lowest BCUT2D eigenvalue weighted by atomic mass is 9.99. The van der Waals surface area contributed by atoms with Gasteiger partial charge in [-0.25, -0.2) is 0 Å². The van der Waals surface area contributed by atoms with E-state index in [1.165, 1.54) is 21.2 Å². The van der Waals surface area contributed by atoms with Crippen LogP contribution < -0.4 is 11.3 Å². The zero-order valence-electron chi connectivity index (χ0n) is 10.8. The number of thiophene rings is 1. The molecule has 0 fully saturated rings. The van der Waals surface area contributed by atoms with Crippen LogP contribution in [0.25, 0.3) is 10.1 Å². The molecule has 0 saturated carbocycles. The first-order chi connectivity index (χ1) is 9.78. The first-order valence-electron chi connectivity index (χ1n) is 6.44. The number of halogens is 1. The molecule has 0 bridgehead atoms. The fraction of sp³-hybridized carbons (Fsp3) is 0.125. The minimum absolute atomic E-state index is 0.132. The van der Waals surface area contributed by atoms with E-state index in [1.54, 1.807) is 11.3 Å². The van der Waals surface area contributed by atoms with Gasteiger partial charge in [0, 0.05) is 9.17 Å². The minimum Gasteiger partial charge on any atom is -0.271 e. The summed E-state index contributed by atoms with van der Waals surface area (Å²) in [6, 6.07) is 17.0. The fourth-order valence-corrected chi connectivity index (χ4v) is 3.66. The molecule has 2 nitrogen and oxygen atoms in total. The summed E-state index contributed by atoms with van der Waals surface area (Å²) >= 11 is 5.23. The van der Waals surface area contributed by atoms with Gasteiger partial charge in [-0.05, 0) is 46.5 Å². The summed E-state index contributed by atoms with van der Waals surface area (Å²) in [4.78, 5) is 0. The molecular formula is C16H15BrN2S. The molecule has 3 aromatic rings. The molecule has 3 rings (SSSR count). The third-order valence-corrected chi connectivity index (χ3v) is 4.95. The van der Waals surface area contributed by atoms with E-state index in [9.17, 15) is 0 Å². The van der Waals surface area contributed by atoms with Gasteiger partial charge in [0.05, 0.1) is 6.04 Å². The number of rotatable bonds is 4. The van der Waals surface area contributed by atoms with Gasteiger partial charge < -0.3 is 0 Å². The van der Waals surface area contributed by atoms with Crippen molar-refractivity contribution in [3.8, 4) is 0 Å². The molecule has 0 aliphatic carbocycles. The second kappa shape index (κ2) is 6.06. The van der Waals surface area contributed by atoms with Crippen molar-refractivity contribution in [2.45, 2.75) is 12.5 Å². The molecule has 1 heterocycles. The van der Waals surface area contributed by atoms with Crippen molar-refractivity contribution in [3.05, 3.63) is 69.5 Å². The molecule has 20 heavy (non-hydrogen) atoms. The maximum absolute atomic E-state index is 5.78. The molecule has 0 spiro atoms. The molecule has 0 saturated heterocycles. The molecule has 0 radical (unpaired) electrons. The first kappa shape index (κ1) is 13.8. The Morgan fingerprint density at radius 1 is 1.10 bits per heavy atom. The number of benzene rings is 2. The Bertz CT molecular complexity index is 706. The third kappa shape index (κ3) is 2.79. The highest BCUT2D eigenvalue weighted by Gasteiger charge is 2.15. The second-order valence-electron chi connectivity index (χ2n) is 4.74. The lowest BCUT2D eigenvalue weighted by Gasteiger charge is -2.15. The normalized spacial score (nSPS) is 12.7. The number of nitrogens with two attached hydrogens (primary N) is 1. The number of hydrazine groups is 1. The predicted molar refractivity (Wildman–Crippen MR) is 89.7 cm³/mol. The van der Waals surface area contributed by atoms with Crippen LogP contribution in [-0.4, -0.2) is 0 Å². The Labute approximate surface area is 130 Å². The van der Waals surface area contributed by atoms with Crippen LogP contribution in [0, 0.1) is 0 Å². The maximum atomic E-state index is 5.78. The van der Waals surface area contributed by atoms with Gasteiger partial charge >= 0.3 is 0 Å². The van der Waals surface area contributed by atoms with Gasteiger partial charge in [-0.15, -0.1) is 11.3 Å². The molecule has 4 heteroatoms. The van der Waals surface area contributed by atoms with Crippen LogP contribution in [0.3, 0.4) is 0 Å². The molecule has 1 unspecified atom stereocenters. The minimum atomic E-state index is 0.132. The summed E-state index contributed by atoms with van der Waals surface area (Å²) in [6.07, 6.45) is 0.879. The Morgan fingerprint density at radius 2 is 1.85 bits per heavy atom. The molecule has 2 aromatic carbocycles. The standard InChI is InChI=1S/C16H15BrN2S/c17-12-7-5-11(6-8-12)9-15(19-18)14-10-20-16-4-2-1-3-13(14)16/h1-8,10,15,19H,9,18H2. The Hall–Kier alpha value is -1.20. The van der Waals surface area contributed by atoms with Crippen LogP contribution in [0.15, 0.2) is 58.4 Å². The topological polar surface area (TPSA) is 38.0 Å². The average molecular weight is 347 g/mol. The summed E-state index contributed by atoms with van der Waals surface area (Å²) in [5.41, 5.74) is 5.50. The van der Waals surface area contributed by atoms with Crippen LogP contribution in [-0.2, 0) is 6.42 Å². The number of hydrogen-bond acceptors (Lipinski definition) is 3. The third-order valence-electron chi connectivity index (χ3n) is 3.44. The lowest BCUT2D eigenvalue weighted by molar-refractivity contribution is 0.557. The van der Waals surface area contributed by atoms with E-state index in [2.05, 4.69) is 75.3 Å². The van der Waals surface area contributed by atoms with E-state index in [1.807, 2.05) is 0 Å². The molecule has 0 amide bonds. The average Bonchev–Trinajstić information content (AvgIpc) is 2.91. The van der Waals surface area contributed by atoms with Crippen molar-refractivity contribution in [1.82, 2.24) is 5.43 Å². The van der Waals surface area contributed by atoms with Gasteiger partial charge in [0.2, 0.25) is 0 Å². The van der Waals surface area contributed by atoms with E-state index >= 15 is 0 Å². The predicted octanol–water partition coefficient (Wildman–Crippen LogP) is 4.41. The summed E-state index contributed by atoms with van der Waals surface area (Å²) < 4.78 is 2.40. The Kier molecular flexibility index (Phi) is 4.17. The van der Waals surface area contributed by atoms with Crippen molar-refractivity contribution in [1.29, 1.82) is 0 Å². The summed E-state index contributed by atoms with van der Waals surface area (Å²) in [5, 5.41) is 3.49. The maximum Gasteiger partial charge on any atom is 0.0514 e. The molecule has 3 N–H and O–H groups in total. The number of fused-ring (bicyclic) bond motifs is 1. The largest absolute Gasteiger partial charge is 0.271 e. The molecule has 102 valence electrons. The number of nitrogens with one attached hydrogen (secondary N) is 1. The summed E-state index contributed by atoms with van der Waals surface area (Å²) in [5.74, 6) is 5.78. The molecule has 0 aliphatic rings. The van der Waals surface area contributed by atoms with Crippen molar-refractivity contribution in [3.63, 3.8) is 0 Å². The van der Waals surface area contributed by atoms with Crippen LogP contribution in [0.1, 0.15) is 17.2 Å². The van der Waals surface area contributed by atoms with Crippen molar-refractivity contribution in [2.75, 3.05) is 0 Å². The molecule has 0 aliphatic heterocycles. The zero-order valence-corrected chi connectivity index (χ0v) is 13.2. The fourth-order valence-electron chi connectivity index (χ4n) is 2.38. The van der Waals surface area contributed by atoms with Gasteiger partial charge in [-0.2, -0.15) is 0 Å². The van der Waals surface area contributed by atoms with Crippen LogP contribution in [0.4, 0.5) is 0 Å². The highest BCUT2D eigenvalue weighted by molar-refractivity contribution is 9.10. The quantitative estimate of drug-likeness (QED) is 0.542. The molecule has 1 atom stereocenters. The lowest BCUT2D eigenvalue weighted by Crippen LogP contribution is -2.29. The van der Waals surface area contributed by atoms with Crippen LogP contribution in [0.5, 0.6) is 0 Å². The van der Waals surface area contributed by atoms with Crippen LogP contribution in [0.2, 0.25) is 0 Å². The van der Waals surface area contributed by atoms with Gasteiger partial charge in [0.25, 0.3) is 0 Å². The second-order valence-corrected chi connectivity index (χ2v) is 6.56. The van der Waals surface area contributed by atoms with Gasteiger partial charge in [-0.1, -0.05) is 46.3 Å². The van der Waals surface area contributed by atoms with E-state index in [-0.39, 0.29) is 6.04 Å². The van der Waals surface area contributed by atoms with E-state index in [0.29, 0.717) is 0 Å². The highest BCUT2D eigenvalue weighted by atomic mass is 79.9. The van der Waals surface area contributed by atoms with Crippen molar-refractivity contribution >= 4 is 37.4 Å². The van der Waals surface area contributed by atoms with Crippen LogP contribution >= 0.6 is 27.3 Å².